The van der Waals surface area contributed by atoms with Gasteiger partial charge in [-0.15, -0.1) is 0 Å². The summed E-state index contributed by atoms with van der Waals surface area (Å²) in [5.74, 6) is 0. The van der Waals surface area contributed by atoms with E-state index >= 15 is 0 Å². The summed E-state index contributed by atoms with van der Waals surface area (Å²) in [4.78, 5) is 14.0. The van der Waals surface area contributed by atoms with Gasteiger partial charge in [-0.1, -0.05) is 0 Å². The molecule has 0 aromatic heterocycles. The number of halogens is 1. The maximum atomic E-state index is 11.6. The monoisotopic (exact) mass is 361 g/mol. The second-order valence-electron chi connectivity index (χ2n) is 4.59. The zero-order valence-electron chi connectivity index (χ0n) is 9.09. The van der Waals surface area contributed by atoms with E-state index < -0.39 is 6.72 Å². The Bertz CT molecular complexity index is 304. The van der Waals surface area contributed by atoms with Crippen LogP contribution in [0.15, 0.2) is 0 Å². The van der Waals surface area contributed by atoms with Crippen molar-refractivity contribution in [2.45, 2.75) is 41.1 Å². The van der Waals surface area contributed by atoms with Crippen LogP contribution in [0.4, 0.5) is 0 Å². The van der Waals surface area contributed by atoms with Crippen molar-refractivity contribution in [2.75, 3.05) is 11.2 Å². The van der Waals surface area contributed by atoms with E-state index in [0.29, 0.717) is 3.42 Å². The molecule has 0 radical (unpaired) electrons. The Morgan fingerprint density at radius 2 is 2.00 bits per heavy atom. The number of alkyl halides is 2. The van der Waals surface area contributed by atoms with Crippen molar-refractivity contribution in [3.8, 4) is 0 Å². The summed E-state index contributed by atoms with van der Waals surface area (Å²) in [5, 5.41) is 2.95. The van der Waals surface area contributed by atoms with Crippen molar-refractivity contribution in [3.05, 3.63) is 0 Å². The Labute approximate surface area is 106 Å². The summed E-state index contributed by atoms with van der Waals surface area (Å²) in [6.07, 6.45) is 7.37. The standard InChI is InChI=1S/C9H18INO2PS/c1-10-8-3-5-9(7-8,6-4-8)11-14(12,13)15-2/h3-7H2,1-2H3,(H2,11,12,13)/q-1/p-1. The van der Waals surface area contributed by atoms with Crippen LogP contribution in [0.1, 0.15) is 32.1 Å². The molecule has 3 nitrogen and oxygen atoms in total. The molecule has 1 N–H and O–H groups in total. The Morgan fingerprint density at radius 1 is 1.40 bits per heavy atom. The van der Waals surface area contributed by atoms with Crippen LogP contribution in [0.5, 0.6) is 0 Å². The van der Waals surface area contributed by atoms with Crippen LogP contribution in [0, 0.1) is 0 Å². The molecule has 0 heterocycles. The van der Waals surface area contributed by atoms with E-state index in [1.165, 1.54) is 12.8 Å². The molecular formula is C9H17INO2PS-2. The summed E-state index contributed by atoms with van der Waals surface area (Å²) in [6.45, 7) is -3.39. The van der Waals surface area contributed by atoms with Crippen molar-refractivity contribution in [1.29, 1.82) is 0 Å². The molecule has 2 bridgehead atoms. The van der Waals surface area contributed by atoms with Gasteiger partial charge in [0.15, 0.2) is 0 Å². The maximum absolute atomic E-state index is 11.6. The zero-order chi connectivity index (χ0) is 11.2. The van der Waals surface area contributed by atoms with Gasteiger partial charge in [0.05, 0.1) is 0 Å². The van der Waals surface area contributed by atoms with Crippen LogP contribution < -0.4 is 31.2 Å². The predicted octanol–water partition coefficient (Wildman–Crippen LogP) is -1.42. The van der Waals surface area contributed by atoms with E-state index in [-0.39, 0.29) is 26.7 Å². The summed E-state index contributed by atoms with van der Waals surface area (Å²) in [6, 6.07) is 0. The van der Waals surface area contributed by atoms with Gasteiger partial charge in [-0.3, -0.25) is 0 Å². The number of rotatable bonds is 4. The Balaban J connectivity index is 2.09. The molecule has 0 spiro atoms. The molecule has 0 aromatic rings. The van der Waals surface area contributed by atoms with Gasteiger partial charge in [-0.2, -0.15) is 0 Å². The van der Waals surface area contributed by atoms with E-state index in [9.17, 15) is 9.46 Å². The van der Waals surface area contributed by atoms with E-state index in [1.54, 1.807) is 6.26 Å². The van der Waals surface area contributed by atoms with Crippen LogP contribution in [-0.4, -0.2) is 20.1 Å². The minimum atomic E-state index is -3.39. The number of nitrogens with one attached hydrogen (secondary N) is 1. The fourth-order valence-electron chi connectivity index (χ4n) is 2.88. The average molecular weight is 361 g/mol. The molecule has 90 valence electrons. The molecule has 2 rings (SSSR count). The SMILES string of the molecule is CSP(=O)([O-])NC12CCC([I-]C)(CC1)C2. The summed E-state index contributed by atoms with van der Waals surface area (Å²) < 4.78 is 12.2. The third-order valence-corrected chi connectivity index (χ3v) is 10.5. The summed E-state index contributed by atoms with van der Waals surface area (Å²) >= 11 is 1.19. The zero-order valence-corrected chi connectivity index (χ0v) is 13.0. The van der Waals surface area contributed by atoms with Crippen LogP contribution in [0.3, 0.4) is 0 Å². The predicted molar refractivity (Wildman–Crippen MR) is 58.7 cm³/mol. The average Bonchev–Trinajstić information content (AvgIpc) is 2.73. The molecule has 0 saturated heterocycles. The molecule has 1 unspecified atom stereocenters. The third-order valence-electron chi connectivity index (χ3n) is 3.77. The fourth-order valence-corrected chi connectivity index (χ4v) is 7.44. The second-order valence-corrected chi connectivity index (χ2v) is 12.1. The number of hydrogen-bond acceptors (Lipinski definition) is 3. The number of fused-ring (bicyclic) bond motifs is 2. The first-order valence-corrected chi connectivity index (χ1v) is 11.8. The molecule has 2 fully saturated rings. The van der Waals surface area contributed by atoms with Crippen molar-refractivity contribution >= 4 is 18.1 Å². The molecule has 2 aliphatic carbocycles. The molecule has 1 atom stereocenters. The van der Waals surface area contributed by atoms with Gasteiger partial charge in [0.1, 0.15) is 0 Å². The summed E-state index contributed by atoms with van der Waals surface area (Å²) in [7, 11) is 0. The first kappa shape index (κ1) is 12.7. The molecule has 6 heteroatoms. The summed E-state index contributed by atoms with van der Waals surface area (Å²) in [5.41, 5.74) is -0.0595. The van der Waals surface area contributed by atoms with Gasteiger partial charge >= 0.3 is 106 Å². The van der Waals surface area contributed by atoms with Crippen molar-refractivity contribution in [3.63, 3.8) is 0 Å². The van der Waals surface area contributed by atoms with E-state index in [4.69, 9.17) is 0 Å². The van der Waals surface area contributed by atoms with Gasteiger partial charge in [0.2, 0.25) is 0 Å². The Kier molecular flexibility index (Phi) is 3.52. The van der Waals surface area contributed by atoms with Crippen LogP contribution >= 0.6 is 18.1 Å². The van der Waals surface area contributed by atoms with Crippen molar-refractivity contribution in [1.82, 2.24) is 5.09 Å². The Hall–Kier alpha value is 1.23. The fraction of sp³-hybridized carbons (Fsp3) is 1.00. The van der Waals surface area contributed by atoms with Gasteiger partial charge in [0, 0.05) is 0 Å². The molecule has 2 aliphatic rings. The molecule has 0 aromatic carbocycles. The minimum absolute atomic E-state index is 0.0595. The van der Waals surface area contributed by atoms with Crippen LogP contribution in [-0.2, 0) is 4.57 Å². The van der Waals surface area contributed by atoms with Crippen LogP contribution in [0.25, 0.3) is 0 Å². The molecular weight excluding hydrogens is 344 g/mol. The van der Waals surface area contributed by atoms with Gasteiger partial charge in [0.25, 0.3) is 0 Å². The van der Waals surface area contributed by atoms with Crippen LogP contribution in [0.2, 0.25) is 0 Å². The molecule has 2 saturated carbocycles. The van der Waals surface area contributed by atoms with E-state index in [0.717, 1.165) is 30.6 Å². The first-order chi connectivity index (χ1) is 6.95. The van der Waals surface area contributed by atoms with Gasteiger partial charge < -0.3 is 0 Å². The molecule has 0 amide bonds. The first-order valence-electron chi connectivity index (χ1n) is 5.12. The molecule has 0 aliphatic heterocycles. The van der Waals surface area contributed by atoms with Gasteiger partial charge in [-0.25, -0.2) is 0 Å². The third kappa shape index (κ3) is 2.41. The topological polar surface area (TPSA) is 52.2 Å². The number of hydrogen-bond donors (Lipinski definition) is 1. The normalized spacial score (nSPS) is 43.4. The molecule has 15 heavy (non-hydrogen) atoms. The quantitative estimate of drug-likeness (QED) is 0.380. The van der Waals surface area contributed by atoms with Gasteiger partial charge in [-0.05, 0) is 0 Å². The van der Waals surface area contributed by atoms with E-state index in [1.807, 2.05) is 0 Å². The Morgan fingerprint density at radius 3 is 2.40 bits per heavy atom. The van der Waals surface area contributed by atoms with Crippen molar-refractivity contribution < 1.29 is 30.7 Å². The second kappa shape index (κ2) is 4.16. The van der Waals surface area contributed by atoms with E-state index in [2.05, 4.69) is 10.0 Å². The van der Waals surface area contributed by atoms with Crippen molar-refractivity contribution in [2.24, 2.45) is 0 Å².